The second-order valence-electron chi connectivity index (χ2n) is 4.31. The summed E-state index contributed by atoms with van der Waals surface area (Å²) in [7, 11) is 3.64. The van der Waals surface area contributed by atoms with Crippen LogP contribution in [-0.2, 0) is 0 Å². The molecule has 94 valence electrons. The van der Waals surface area contributed by atoms with E-state index in [2.05, 4.69) is 17.2 Å². The van der Waals surface area contributed by atoms with Gasteiger partial charge in [0.05, 0.1) is 0 Å². The average Bonchev–Trinajstić information content (AvgIpc) is 2.35. The first-order valence-corrected chi connectivity index (χ1v) is 5.93. The molecular formula is C13H21N3O. The van der Waals surface area contributed by atoms with Crippen LogP contribution in [-0.4, -0.2) is 35.9 Å². The van der Waals surface area contributed by atoms with Crippen molar-refractivity contribution >= 4 is 11.7 Å². The van der Waals surface area contributed by atoms with E-state index >= 15 is 0 Å². The van der Waals surface area contributed by atoms with Crippen LogP contribution in [0.1, 0.15) is 36.3 Å². The molecule has 0 aromatic carbocycles. The number of nitrogens with one attached hydrogen (secondary N) is 1. The molecule has 0 aliphatic carbocycles. The molecule has 1 heterocycles. The van der Waals surface area contributed by atoms with Crippen molar-refractivity contribution in [3.63, 3.8) is 0 Å². The highest BCUT2D eigenvalue weighted by Gasteiger charge is 2.17. The van der Waals surface area contributed by atoms with Gasteiger partial charge in [0.25, 0.3) is 5.91 Å². The van der Waals surface area contributed by atoms with E-state index in [4.69, 9.17) is 0 Å². The third kappa shape index (κ3) is 3.19. The first-order valence-electron chi connectivity index (χ1n) is 5.93. The van der Waals surface area contributed by atoms with Gasteiger partial charge in [-0.05, 0) is 32.4 Å². The number of hydrogen-bond acceptors (Lipinski definition) is 3. The maximum atomic E-state index is 12.2. The van der Waals surface area contributed by atoms with Crippen LogP contribution in [0.2, 0.25) is 0 Å². The van der Waals surface area contributed by atoms with E-state index < -0.39 is 0 Å². The summed E-state index contributed by atoms with van der Waals surface area (Å²) in [6.07, 6.45) is 0.950. The molecule has 17 heavy (non-hydrogen) atoms. The molecule has 0 fully saturated rings. The topological polar surface area (TPSA) is 45.2 Å². The number of nitrogens with zero attached hydrogens (tertiary/aromatic N) is 2. The number of carbonyl (C=O) groups is 1. The Morgan fingerprint density at radius 2 is 2.18 bits per heavy atom. The molecule has 0 aliphatic heterocycles. The Balaban J connectivity index is 2.99. The summed E-state index contributed by atoms with van der Waals surface area (Å²) in [6.45, 7) is 6.01. The molecule has 0 aliphatic rings. The maximum absolute atomic E-state index is 12.2. The van der Waals surface area contributed by atoms with Crippen molar-refractivity contribution in [2.45, 2.75) is 33.2 Å². The number of amides is 1. The molecule has 0 radical (unpaired) electrons. The molecule has 0 saturated heterocycles. The average molecular weight is 235 g/mol. The SMILES string of the molecule is CCC(C)N(C)C(=O)c1cc(C)nc(NC)c1. The molecule has 1 aromatic rings. The Bertz CT molecular complexity index is 404. The summed E-state index contributed by atoms with van der Waals surface area (Å²) < 4.78 is 0. The lowest BCUT2D eigenvalue weighted by Gasteiger charge is -2.24. The highest BCUT2D eigenvalue weighted by molar-refractivity contribution is 5.95. The van der Waals surface area contributed by atoms with Crippen molar-refractivity contribution in [2.75, 3.05) is 19.4 Å². The summed E-state index contributed by atoms with van der Waals surface area (Å²) in [4.78, 5) is 18.3. The third-order valence-corrected chi connectivity index (χ3v) is 3.03. The van der Waals surface area contributed by atoms with Crippen LogP contribution in [0, 0.1) is 6.92 Å². The van der Waals surface area contributed by atoms with Gasteiger partial charge in [-0.1, -0.05) is 6.92 Å². The van der Waals surface area contributed by atoms with Gasteiger partial charge >= 0.3 is 0 Å². The Kier molecular flexibility index (Phi) is 4.49. The van der Waals surface area contributed by atoms with E-state index in [0.717, 1.165) is 17.9 Å². The van der Waals surface area contributed by atoms with Crippen molar-refractivity contribution in [1.82, 2.24) is 9.88 Å². The Labute approximate surface area is 103 Å². The zero-order chi connectivity index (χ0) is 13.0. The van der Waals surface area contributed by atoms with Crippen LogP contribution >= 0.6 is 0 Å². The highest BCUT2D eigenvalue weighted by atomic mass is 16.2. The van der Waals surface area contributed by atoms with Gasteiger partial charge in [0.15, 0.2) is 0 Å². The van der Waals surface area contributed by atoms with E-state index in [1.165, 1.54) is 0 Å². The zero-order valence-electron chi connectivity index (χ0n) is 11.2. The van der Waals surface area contributed by atoms with Gasteiger partial charge in [-0.15, -0.1) is 0 Å². The Hall–Kier alpha value is -1.58. The minimum Gasteiger partial charge on any atom is -0.373 e. The third-order valence-electron chi connectivity index (χ3n) is 3.03. The smallest absolute Gasteiger partial charge is 0.254 e. The van der Waals surface area contributed by atoms with Crippen LogP contribution in [0.3, 0.4) is 0 Å². The quantitative estimate of drug-likeness (QED) is 0.871. The van der Waals surface area contributed by atoms with Crippen LogP contribution < -0.4 is 5.32 Å². The van der Waals surface area contributed by atoms with Crippen LogP contribution in [0.4, 0.5) is 5.82 Å². The van der Waals surface area contributed by atoms with Gasteiger partial charge in [0, 0.05) is 31.4 Å². The number of pyridine rings is 1. The fourth-order valence-corrected chi connectivity index (χ4v) is 1.60. The molecule has 4 nitrogen and oxygen atoms in total. The maximum Gasteiger partial charge on any atom is 0.254 e. The Morgan fingerprint density at radius 3 is 2.71 bits per heavy atom. The van der Waals surface area contributed by atoms with E-state index in [9.17, 15) is 4.79 Å². The summed E-state index contributed by atoms with van der Waals surface area (Å²) >= 11 is 0. The minimum absolute atomic E-state index is 0.0429. The molecule has 1 amide bonds. The fourth-order valence-electron chi connectivity index (χ4n) is 1.60. The fraction of sp³-hybridized carbons (Fsp3) is 0.538. The summed E-state index contributed by atoms with van der Waals surface area (Å²) in [6, 6.07) is 3.85. The lowest BCUT2D eigenvalue weighted by Crippen LogP contribution is -2.34. The number of carbonyl (C=O) groups excluding carboxylic acids is 1. The summed E-state index contributed by atoms with van der Waals surface area (Å²) in [5.74, 6) is 0.771. The molecule has 4 heteroatoms. The van der Waals surface area contributed by atoms with Gasteiger partial charge in [-0.25, -0.2) is 4.98 Å². The summed E-state index contributed by atoms with van der Waals surface area (Å²) in [5.41, 5.74) is 1.53. The molecule has 0 bridgehead atoms. The predicted molar refractivity (Wildman–Crippen MR) is 70.4 cm³/mol. The molecule has 1 N–H and O–H groups in total. The highest BCUT2D eigenvalue weighted by Crippen LogP contribution is 2.13. The predicted octanol–water partition coefficient (Wildman–Crippen LogP) is 2.30. The lowest BCUT2D eigenvalue weighted by molar-refractivity contribution is 0.0740. The minimum atomic E-state index is 0.0429. The Morgan fingerprint density at radius 1 is 1.53 bits per heavy atom. The summed E-state index contributed by atoms with van der Waals surface area (Å²) in [5, 5.41) is 2.96. The van der Waals surface area contributed by atoms with Crippen molar-refractivity contribution in [3.8, 4) is 0 Å². The lowest BCUT2D eigenvalue weighted by atomic mass is 10.1. The van der Waals surface area contributed by atoms with E-state index in [-0.39, 0.29) is 11.9 Å². The zero-order valence-corrected chi connectivity index (χ0v) is 11.2. The van der Waals surface area contributed by atoms with Crippen molar-refractivity contribution < 1.29 is 4.79 Å². The number of rotatable bonds is 4. The van der Waals surface area contributed by atoms with E-state index in [1.807, 2.05) is 27.0 Å². The molecular weight excluding hydrogens is 214 g/mol. The molecule has 1 rings (SSSR count). The second kappa shape index (κ2) is 5.66. The molecule has 1 atom stereocenters. The molecule has 0 saturated carbocycles. The first-order chi connectivity index (χ1) is 7.99. The van der Waals surface area contributed by atoms with E-state index in [1.54, 1.807) is 18.0 Å². The van der Waals surface area contributed by atoms with Gasteiger partial charge < -0.3 is 10.2 Å². The van der Waals surface area contributed by atoms with Crippen LogP contribution in [0.15, 0.2) is 12.1 Å². The molecule has 1 unspecified atom stereocenters. The van der Waals surface area contributed by atoms with Crippen molar-refractivity contribution in [2.24, 2.45) is 0 Å². The standard InChI is InChI=1S/C13H21N3O/c1-6-10(3)16(5)13(17)11-7-9(2)15-12(8-11)14-4/h7-8,10H,6H2,1-5H3,(H,14,15). The number of aromatic nitrogens is 1. The second-order valence-corrected chi connectivity index (χ2v) is 4.31. The monoisotopic (exact) mass is 235 g/mol. The number of anilines is 1. The van der Waals surface area contributed by atoms with Gasteiger partial charge in [-0.3, -0.25) is 4.79 Å². The van der Waals surface area contributed by atoms with Crippen molar-refractivity contribution in [3.05, 3.63) is 23.4 Å². The molecule has 1 aromatic heterocycles. The first kappa shape index (κ1) is 13.5. The van der Waals surface area contributed by atoms with Crippen LogP contribution in [0.5, 0.6) is 0 Å². The van der Waals surface area contributed by atoms with Gasteiger partial charge in [-0.2, -0.15) is 0 Å². The van der Waals surface area contributed by atoms with Gasteiger partial charge in [0.2, 0.25) is 0 Å². The number of aryl methyl sites for hydroxylation is 1. The van der Waals surface area contributed by atoms with Gasteiger partial charge in [0.1, 0.15) is 5.82 Å². The van der Waals surface area contributed by atoms with Crippen molar-refractivity contribution in [1.29, 1.82) is 0 Å². The number of hydrogen-bond donors (Lipinski definition) is 1. The molecule has 0 spiro atoms. The normalized spacial score (nSPS) is 12.1. The van der Waals surface area contributed by atoms with E-state index in [0.29, 0.717) is 5.56 Å². The van der Waals surface area contributed by atoms with Crippen LogP contribution in [0.25, 0.3) is 0 Å². The largest absolute Gasteiger partial charge is 0.373 e.